The molecular weight excluding hydrogens is 586 g/mol. The van der Waals surface area contributed by atoms with Crippen LogP contribution in [0.25, 0.3) is 22.3 Å². The van der Waals surface area contributed by atoms with Crippen LogP contribution in [0.4, 0.5) is 4.39 Å². The molecular formula is C35H38FN2NaO6. The minimum absolute atomic E-state index is 0. The van der Waals surface area contributed by atoms with Gasteiger partial charge >= 0.3 is 29.6 Å². The number of aliphatic hydroxyl groups is 3. The third-order valence-electron chi connectivity index (χ3n) is 7.55. The van der Waals surface area contributed by atoms with E-state index in [-0.39, 0.29) is 67.5 Å². The topological polar surface area (TPSA) is 135 Å². The number of rotatable bonds is 14. The average molecular weight is 625 g/mol. The van der Waals surface area contributed by atoms with Crippen molar-refractivity contribution < 1.29 is 64.0 Å². The summed E-state index contributed by atoms with van der Waals surface area (Å²) in [7, 11) is 0. The molecule has 1 heterocycles. The summed E-state index contributed by atoms with van der Waals surface area (Å²) in [5, 5.41) is 44.1. The Hall–Kier alpha value is -3.31. The number of aromatic nitrogens is 1. The van der Waals surface area contributed by atoms with Crippen LogP contribution in [-0.2, 0) is 24.4 Å². The molecule has 0 spiro atoms. The SMILES string of the molecule is CC(C)n1c(CC[C@@H](O)C[C@@H](O)CC(=O)[O-])c(-c2ccc(F)cc2)c(-c2ccccc2)c1C(=O)NCc1ccc(CO)cc1.[Na+]. The summed E-state index contributed by atoms with van der Waals surface area (Å²) in [5.41, 5.74) is 5.66. The summed E-state index contributed by atoms with van der Waals surface area (Å²) in [4.78, 5) is 25.0. The van der Waals surface area contributed by atoms with E-state index >= 15 is 0 Å². The normalized spacial score (nSPS) is 12.4. The number of hydrogen-bond acceptors (Lipinski definition) is 6. The second-order valence-corrected chi connectivity index (χ2v) is 11.2. The molecule has 0 aliphatic heterocycles. The third-order valence-corrected chi connectivity index (χ3v) is 7.55. The Morgan fingerprint density at radius 1 is 0.867 bits per heavy atom. The maximum absolute atomic E-state index is 14.1. The van der Waals surface area contributed by atoms with Crippen molar-refractivity contribution in [2.75, 3.05) is 0 Å². The summed E-state index contributed by atoms with van der Waals surface area (Å²) >= 11 is 0. The van der Waals surface area contributed by atoms with E-state index in [2.05, 4.69) is 5.32 Å². The number of benzene rings is 3. The summed E-state index contributed by atoms with van der Waals surface area (Å²) in [6.45, 7) is 4.08. The number of nitrogens with one attached hydrogen (secondary N) is 1. The molecule has 0 aliphatic rings. The fourth-order valence-corrected chi connectivity index (χ4v) is 5.53. The van der Waals surface area contributed by atoms with Crippen LogP contribution in [0.5, 0.6) is 0 Å². The second kappa shape index (κ2) is 16.8. The molecule has 232 valence electrons. The second-order valence-electron chi connectivity index (χ2n) is 11.2. The molecule has 0 bridgehead atoms. The van der Waals surface area contributed by atoms with Gasteiger partial charge in [-0.05, 0) is 67.5 Å². The standard InChI is InChI=1S/C35H39FN2O6.Na/c1-22(2)38-30(17-16-28(40)18-29(41)19-31(42)43)32(26-12-14-27(36)15-13-26)33(25-6-4-3-5-7-25)34(38)35(44)37-20-23-8-10-24(21-39)11-9-23;/h3-15,22,28-29,39-41H,16-21H2,1-2H3,(H,37,44)(H,42,43);/q;+1/p-1/t28-,29-;/m1./s1. The summed E-state index contributed by atoms with van der Waals surface area (Å²) < 4.78 is 16.0. The molecule has 1 amide bonds. The Balaban J connectivity index is 0.00000552. The molecule has 2 atom stereocenters. The number of carboxylic acids is 1. The number of carbonyl (C=O) groups excluding carboxylic acids is 2. The number of nitrogens with zero attached hydrogens (tertiary/aromatic N) is 1. The number of aliphatic hydroxyl groups excluding tert-OH is 3. The van der Waals surface area contributed by atoms with E-state index in [4.69, 9.17) is 0 Å². The monoisotopic (exact) mass is 624 g/mol. The van der Waals surface area contributed by atoms with E-state index in [0.29, 0.717) is 23.2 Å². The number of carbonyl (C=O) groups is 2. The van der Waals surface area contributed by atoms with E-state index in [1.807, 2.05) is 60.9 Å². The molecule has 0 fully saturated rings. The van der Waals surface area contributed by atoms with Crippen LogP contribution in [0.2, 0.25) is 0 Å². The van der Waals surface area contributed by atoms with Gasteiger partial charge in [-0.3, -0.25) is 4.79 Å². The van der Waals surface area contributed by atoms with Crippen LogP contribution in [0, 0.1) is 5.82 Å². The van der Waals surface area contributed by atoms with E-state index in [0.717, 1.165) is 27.9 Å². The third kappa shape index (κ3) is 9.36. The van der Waals surface area contributed by atoms with Crippen LogP contribution in [-0.4, -0.2) is 44.0 Å². The predicted octanol–water partition coefficient (Wildman–Crippen LogP) is 1.15. The van der Waals surface area contributed by atoms with Crippen molar-refractivity contribution >= 4 is 11.9 Å². The van der Waals surface area contributed by atoms with Crippen LogP contribution < -0.4 is 40.0 Å². The fourth-order valence-electron chi connectivity index (χ4n) is 5.53. The first-order valence-electron chi connectivity index (χ1n) is 14.7. The Morgan fingerprint density at radius 3 is 2.04 bits per heavy atom. The molecule has 1 aromatic heterocycles. The number of hydrogen-bond donors (Lipinski definition) is 4. The zero-order chi connectivity index (χ0) is 31.8. The molecule has 0 saturated heterocycles. The van der Waals surface area contributed by atoms with Gasteiger partial charge in [-0.1, -0.05) is 66.7 Å². The Labute approximate surface area is 284 Å². The van der Waals surface area contributed by atoms with E-state index in [1.54, 1.807) is 24.3 Å². The van der Waals surface area contributed by atoms with Crippen LogP contribution >= 0.6 is 0 Å². The van der Waals surface area contributed by atoms with E-state index < -0.39 is 30.4 Å². The molecule has 10 heteroatoms. The molecule has 0 saturated carbocycles. The summed E-state index contributed by atoms with van der Waals surface area (Å²) in [6, 6.07) is 22.6. The van der Waals surface area contributed by atoms with Crippen molar-refractivity contribution in [2.45, 2.75) is 70.9 Å². The minimum Gasteiger partial charge on any atom is -0.550 e. The van der Waals surface area contributed by atoms with Gasteiger partial charge in [0.15, 0.2) is 0 Å². The van der Waals surface area contributed by atoms with Gasteiger partial charge < -0.3 is 35.1 Å². The molecule has 0 unspecified atom stereocenters. The first-order valence-corrected chi connectivity index (χ1v) is 14.7. The Kier molecular flexibility index (Phi) is 13.5. The number of amides is 1. The first-order chi connectivity index (χ1) is 21.1. The maximum Gasteiger partial charge on any atom is 1.00 e. The quantitative estimate of drug-likeness (QED) is 0.156. The molecule has 4 rings (SSSR count). The molecule has 3 aromatic carbocycles. The first kappa shape index (κ1) is 36.2. The van der Waals surface area contributed by atoms with Gasteiger partial charge in [0.25, 0.3) is 5.91 Å². The molecule has 4 N–H and O–H groups in total. The van der Waals surface area contributed by atoms with Crippen molar-refractivity contribution in [2.24, 2.45) is 0 Å². The molecule has 4 aromatic rings. The van der Waals surface area contributed by atoms with Crippen LogP contribution in [0.3, 0.4) is 0 Å². The molecule has 45 heavy (non-hydrogen) atoms. The van der Waals surface area contributed by atoms with Crippen LogP contribution in [0.15, 0.2) is 78.9 Å². The minimum atomic E-state index is -1.40. The van der Waals surface area contributed by atoms with E-state index in [1.165, 1.54) is 12.1 Å². The Bertz CT molecular complexity index is 1560. The largest absolute Gasteiger partial charge is 1.00 e. The van der Waals surface area contributed by atoms with Gasteiger partial charge in [0.05, 0.1) is 18.8 Å². The molecule has 0 aliphatic carbocycles. The molecule has 0 radical (unpaired) electrons. The number of halogens is 1. The van der Waals surface area contributed by atoms with Crippen molar-refractivity contribution in [1.82, 2.24) is 9.88 Å². The van der Waals surface area contributed by atoms with E-state index in [9.17, 15) is 34.4 Å². The summed E-state index contributed by atoms with van der Waals surface area (Å²) in [5.74, 6) is -2.12. The van der Waals surface area contributed by atoms with Gasteiger partial charge in [0, 0.05) is 41.8 Å². The maximum atomic E-state index is 14.1. The number of carboxylic acid groups (broad SMARTS) is 1. The van der Waals surface area contributed by atoms with Gasteiger partial charge in [-0.25, -0.2) is 4.39 Å². The van der Waals surface area contributed by atoms with Gasteiger partial charge in [0.1, 0.15) is 11.5 Å². The van der Waals surface area contributed by atoms with Gasteiger partial charge in [0.2, 0.25) is 0 Å². The summed E-state index contributed by atoms with van der Waals surface area (Å²) in [6.07, 6.45) is -2.51. The average Bonchev–Trinajstić information content (AvgIpc) is 3.35. The fraction of sp³-hybridized carbons (Fsp3) is 0.314. The Morgan fingerprint density at radius 2 is 1.47 bits per heavy atom. The van der Waals surface area contributed by atoms with Gasteiger partial charge in [-0.2, -0.15) is 0 Å². The van der Waals surface area contributed by atoms with Crippen LogP contribution in [0.1, 0.15) is 66.5 Å². The zero-order valence-corrected chi connectivity index (χ0v) is 27.9. The van der Waals surface area contributed by atoms with Crippen molar-refractivity contribution in [3.05, 3.63) is 107 Å². The molecule has 8 nitrogen and oxygen atoms in total. The zero-order valence-electron chi connectivity index (χ0n) is 25.9. The number of aliphatic carboxylic acids is 1. The predicted molar refractivity (Wildman–Crippen MR) is 164 cm³/mol. The smallest absolute Gasteiger partial charge is 0.550 e. The van der Waals surface area contributed by atoms with Gasteiger partial charge in [-0.15, -0.1) is 0 Å². The van der Waals surface area contributed by atoms with Crippen molar-refractivity contribution in [3.63, 3.8) is 0 Å². The van der Waals surface area contributed by atoms with Crippen molar-refractivity contribution in [1.29, 1.82) is 0 Å². The van der Waals surface area contributed by atoms with Crippen molar-refractivity contribution in [3.8, 4) is 22.3 Å².